The molecule has 6 heteroatoms. The zero-order valence-electron chi connectivity index (χ0n) is 7.68. The van der Waals surface area contributed by atoms with Gasteiger partial charge in [-0.05, 0) is 12.8 Å². The van der Waals surface area contributed by atoms with E-state index in [9.17, 15) is 13.2 Å². The number of amides is 1. The van der Waals surface area contributed by atoms with Crippen molar-refractivity contribution in [1.82, 2.24) is 0 Å². The second-order valence-corrected chi connectivity index (χ2v) is 3.15. The largest absolute Gasteiger partial charge is 0.470 e. The molecule has 1 fully saturated rings. The van der Waals surface area contributed by atoms with E-state index in [0.717, 1.165) is 12.8 Å². The zero-order chi connectivity index (χ0) is 11.2. The van der Waals surface area contributed by atoms with Gasteiger partial charge in [-0.3, -0.25) is 4.79 Å². The van der Waals surface area contributed by atoms with E-state index < -0.39 is 12.1 Å². The Morgan fingerprint density at radius 1 is 1.21 bits per heavy atom. The van der Waals surface area contributed by atoms with E-state index in [1.165, 1.54) is 19.3 Å². The van der Waals surface area contributed by atoms with E-state index in [1.54, 1.807) is 0 Å². The number of alkyl halides is 3. The van der Waals surface area contributed by atoms with Crippen LogP contribution < -0.4 is 5.73 Å². The van der Waals surface area contributed by atoms with Crippen LogP contribution in [0.1, 0.15) is 32.1 Å². The number of halogens is 3. The summed E-state index contributed by atoms with van der Waals surface area (Å²) in [4.78, 5) is 9.12. The third kappa shape index (κ3) is 6.71. The third-order valence-corrected chi connectivity index (χ3v) is 1.85. The van der Waals surface area contributed by atoms with Crippen LogP contribution in [0.4, 0.5) is 13.2 Å². The second-order valence-electron chi connectivity index (χ2n) is 3.15. The summed E-state index contributed by atoms with van der Waals surface area (Å²) in [6.45, 7) is 0. The molecule has 0 bridgehead atoms. The molecule has 1 aliphatic carbocycles. The molecule has 0 aliphatic heterocycles. The van der Waals surface area contributed by atoms with Gasteiger partial charge in [0, 0.05) is 0 Å². The van der Waals surface area contributed by atoms with E-state index in [2.05, 4.69) is 5.73 Å². The van der Waals surface area contributed by atoms with Crippen molar-refractivity contribution in [1.29, 1.82) is 0 Å². The molecule has 0 unspecified atom stereocenters. The first kappa shape index (κ1) is 13.2. The fourth-order valence-electron chi connectivity index (χ4n) is 1.08. The summed E-state index contributed by atoms with van der Waals surface area (Å²) in [5, 5.41) is 8.91. The first-order valence-electron chi connectivity index (χ1n) is 4.38. The van der Waals surface area contributed by atoms with Gasteiger partial charge in [0.05, 0.1) is 6.10 Å². The van der Waals surface area contributed by atoms with Crippen molar-refractivity contribution in [3.63, 3.8) is 0 Å². The number of aliphatic hydroxyl groups excluding tert-OH is 1. The summed E-state index contributed by atoms with van der Waals surface area (Å²) in [7, 11) is 0. The highest BCUT2D eigenvalue weighted by molar-refractivity contribution is 5.79. The number of rotatable bonds is 0. The van der Waals surface area contributed by atoms with Gasteiger partial charge in [0.1, 0.15) is 0 Å². The first-order valence-corrected chi connectivity index (χ1v) is 4.38. The maximum absolute atomic E-state index is 10.7. The van der Waals surface area contributed by atoms with Crippen molar-refractivity contribution in [2.45, 2.75) is 44.4 Å². The molecular weight excluding hydrogens is 199 g/mol. The number of primary amides is 1. The monoisotopic (exact) mass is 213 g/mol. The molecule has 1 aliphatic rings. The average molecular weight is 213 g/mol. The Labute approximate surface area is 80.1 Å². The molecule has 0 aromatic rings. The molecule has 0 spiro atoms. The number of hydrogen-bond acceptors (Lipinski definition) is 2. The van der Waals surface area contributed by atoms with Crippen molar-refractivity contribution in [3.8, 4) is 0 Å². The SMILES string of the molecule is NC(=O)C(F)(F)F.OC1CCCCC1. The molecular formula is C8H14F3NO2. The fourth-order valence-corrected chi connectivity index (χ4v) is 1.08. The van der Waals surface area contributed by atoms with Gasteiger partial charge >= 0.3 is 12.1 Å². The molecule has 14 heavy (non-hydrogen) atoms. The van der Waals surface area contributed by atoms with Crippen molar-refractivity contribution in [2.24, 2.45) is 5.73 Å². The van der Waals surface area contributed by atoms with Crippen LogP contribution >= 0.6 is 0 Å². The molecule has 3 nitrogen and oxygen atoms in total. The minimum absolute atomic E-state index is 0.0359. The summed E-state index contributed by atoms with van der Waals surface area (Å²) < 4.78 is 32.1. The summed E-state index contributed by atoms with van der Waals surface area (Å²) in [6, 6.07) is 0. The van der Waals surface area contributed by atoms with Gasteiger partial charge < -0.3 is 10.8 Å². The molecule has 0 heterocycles. The highest BCUT2D eigenvalue weighted by atomic mass is 19.4. The van der Waals surface area contributed by atoms with Crippen LogP contribution in [0.25, 0.3) is 0 Å². The first-order chi connectivity index (χ1) is 6.34. The number of aliphatic hydroxyl groups is 1. The number of hydrogen-bond donors (Lipinski definition) is 2. The van der Waals surface area contributed by atoms with Gasteiger partial charge in [-0.15, -0.1) is 0 Å². The Morgan fingerprint density at radius 2 is 1.57 bits per heavy atom. The van der Waals surface area contributed by atoms with Crippen LogP contribution in [0.2, 0.25) is 0 Å². The molecule has 0 aromatic heterocycles. The maximum atomic E-state index is 10.7. The summed E-state index contributed by atoms with van der Waals surface area (Å²) in [6.07, 6.45) is 1.06. The van der Waals surface area contributed by atoms with Crippen molar-refractivity contribution in [2.75, 3.05) is 0 Å². The van der Waals surface area contributed by atoms with Crippen molar-refractivity contribution in [3.05, 3.63) is 0 Å². The van der Waals surface area contributed by atoms with Crippen LogP contribution in [-0.2, 0) is 4.79 Å². The van der Waals surface area contributed by atoms with Crippen LogP contribution in [0.15, 0.2) is 0 Å². The number of nitrogens with two attached hydrogens (primary N) is 1. The summed E-state index contributed by atoms with van der Waals surface area (Å²) in [5.41, 5.74) is 3.81. The van der Waals surface area contributed by atoms with Gasteiger partial charge in [0.15, 0.2) is 0 Å². The van der Waals surface area contributed by atoms with Gasteiger partial charge in [-0.25, -0.2) is 0 Å². The molecule has 0 saturated heterocycles. The van der Waals surface area contributed by atoms with Gasteiger partial charge in [-0.1, -0.05) is 19.3 Å². The zero-order valence-corrected chi connectivity index (χ0v) is 7.68. The predicted octanol–water partition coefficient (Wildman–Crippen LogP) is 1.35. The molecule has 0 atom stereocenters. The highest BCUT2D eigenvalue weighted by Gasteiger charge is 2.35. The maximum Gasteiger partial charge on any atom is 0.470 e. The standard InChI is InChI=1S/C6H12O.C2H2F3NO/c7-6-4-2-1-3-5-6;3-2(4,5)1(6)7/h6-7H,1-5H2;(H2,6,7). The lowest BCUT2D eigenvalue weighted by atomic mass is 9.98. The second kappa shape index (κ2) is 5.85. The molecule has 0 aromatic carbocycles. The van der Waals surface area contributed by atoms with E-state index in [1.807, 2.05) is 0 Å². The Balaban J connectivity index is 0.000000241. The summed E-state index contributed by atoms with van der Waals surface area (Å²) >= 11 is 0. The van der Waals surface area contributed by atoms with E-state index in [4.69, 9.17) is 9.90 Å². The van der Waals surface area contributed by atoms with E-state index in [-0.39, 0.29) is 6.10 Å². The third-order valence-electron chi connectivity index (χ3n) is 1.85. The number of carbonyl (C=O) groups is 1. The minimum atomic E-state index is -4.86. The van der Waals surface area contributed by atoms with E-state index in [0.29, 0.717) is 0 Å². The van der Waals surface area contributed by atoms with E-state index >= 15 is 0 Å². The lowest BCUT2D eigenvalue weighted by Gasteiger charge is -2.14. The fraction of sp³-hybridized carbons (Fsp3) is 0.875. The Morgan fingerprint density at radius 3 is 1.71 bits per heavy atom. The molecule has 0 radical (unpaired) electrons. The Kier molecular flexibility index (Phi) is 5.52. The molecule has 1 amide bonds. The van der Waals surface area contributed by atoms with Crippen LogP contribution in [0.5, 0.6) is 0 Å². The van der Waals surface area contributed by atoms with Gasteiger partial charge in [0.2, 0.25) is 0 Å². The average Bonchev–Trinajstić information content (AvgIpc) is 2.04. The topological polar surface area (TPSA) is 63.3 Å². The lowest BCUT2D eigenvalue weighted by molar-refractivity contribution is -0.169. The molecule has 1 rings (SSSR count). The van der Waals surface area contributed by atoms with Crippen LogP contribution in [0.3, 0.4) is 0 Å². The molecule has 3 N–H and O–H groups in total. The predicted molar refractivity (Wildman–Crippen MR) is 44.3 cm³/mol. The lowest BCUT2D eigenvalue weighted by Crippen LogP contribution is -2.30. The van der Waals surface area contributed by atoms with Gasteiger partial charge in [0.25, 0.3) is 0 Å². The quantitative estimate of drug-likeness (QED) is 0.637. The van der Waals surface area contributed by atoms with Crippen molar-refractivity contribution >= 4 is 5.91 Å². The number of carbonyl (C=O) groups excluding carboxylic acids is 1. The highest BCUT2D eigenvalue weighted by Crippen LogP contribution is 2.16. The summed E-state index contributed by atoms with van der Waals surface area (Å²) in [5.74, 6) is -2.26. The van der Waals surface area contributed by atoms with Crippen molar-refractivity contribution < 1.29 is 23.1 Å². The normalized spacial score (nSPS) is 18.3. The van der Waals surface area contributed by atoms with Gasteiger partial charge in [-0.2, -0.15) is 13.2 Å². The Hall–Kier alpha value is -0.780. The Bertz CT molecular complexity index is 176. The smallest absolute Gasteiger partial charge is 0.393 e. The molecule has 1 saturated carbocycles. The molecule has 84 valence electrons. The van der Waals surface area contributed by atoms with Crippen LogP contribution in [0, 0.1) is 0 Å². The van der Waals surface area contributed by atoms with Crippen LogP contribution in [-0.4, -0.2) is 23.3 Å². The minimum Gasteiger partial charge on any atom is -0.393 e.